The van der Waals surface area contributed by atoms with Gasteiger partial charge in [0.05, 0.1) is 11.1 Å². The van der Waals surface area contributed by atoms with Gasteiger partial charge >= 0.3 is 0 Å². The van der Waals surface area contributed by atoms with Crippen molar-refractivity contribution in [2.24, 2.45) is 10.9 Å². The lowest BCUT2D eigenvalue weighted by molar-refractivity contribution is -0.384. The third-order valence-corrected chi connectivity index (χ3v) is 1.82. The number of nitro groups is 1. The van der Waals surface area contributed by atoms with E-state index in [9.17, 15) is 10.1 Å². The molecule has 1 aromatic carbocycles. The number of benzene rings is 1. The maximum absolute atomic E-state index is 10.4. The second-order valence-corrected chi connectivity index (χ2v) is 3.10. The van der Waals surface area contributed by atoms with Gasteiger partial charge in [-0.05, 0) is 29.9 Å². The molecule has 0 bridgehead atoms. The molecule has 16 heavy (non-hydrogen) atoms. The number of rotatable bonds is 3. The number of nitrogens with zero attached hydrogens (tertiary/aromatic N) is 2. The van der Waals surface area contributed by atoms with E-state index in [-0.39, 0.29) is 10.8 Å². The largest absolute Gasteiger partial charge is 0.300 e. The zero-order valence-electron chi connectivity index (χ0n) is 8.08. The van der Waals surface area contributed by atoms with Crippen molar-refractivity contribution in [2.75, 3.05) is 0 Å². The van der Waals surface area contributed by atoms with E-state index in [2.05, 4.69) is 28.2 Å². The quantitative estimate of drug-likeness (QED) is 0.230. The molecule has 0 aliphatic rings. The van der Waals surface area contributed by atoms with Gasteiger partial charge in [0, 0.05) is 12.1 Å². The molecular formula is C8H9N5O2S. The molecule has 0 saturated carbocycles. The molecule has 8 heteroatoms. The summed E-state index contributed by atoms with van der Waals surface area (Å²) in [6.45, 7) is 0. The minimum atomic E-state index is -0.466. The van der Waals surface area contributed by atoms with Gasteiger partial charge in [-0.2, -0.15) is 5.10 Å². The number of thiocarbonyl (C=S) groups is 1. The number of hydrogen-bond donors (Lipinski definition) is 3. The molecule has 84 valence electrons. The zero-order chi connectivity index (χ0) is 12.0. The van der Waals surface area contributed by atoms with Crippen molar-refractivity contribution < 1.29 is 4.92 Å². The number of nitrogens with one attached hydrogen (secondary N) is 2. The van der Waals surface area contributed by atoms with Crippen LogP contribution < -0.4 is 16.7 Å². The Balaban J connectivity index is 2.61. The zero-order valence-corrected chi connectivity index (χ0v) is 8.90. The molecule has 4 N–H and O–H groups in total. The van der Waals surface area contributed by atoms with Crippen LogP contribution in [0.5, 0.6) is 0 Å². The molecule has 0 atom stereocenters. The summed E-state index contributed by atoms with van der Waals surface area (Å²) in [5.74, 6) is 5.00. The predicted molar refractivity (Wildman–Crippen MR) is 63.7 cm³/mol. The van der Waals surface area contributed by atoms with Crippen LogP contribution in [0, 0.1) is 10.1 Å². The van der Waals surface area contributed by atoms with E-state index in [1.54, 1.807) is 12.1 Å². The Bertz CT molecular complexity index is 417. The molecule has 0 spiro atoms. The van der Waals surface area contributed by atoms with E-state index >= 15 is 0 Å². The van der Waals surface area contributed by atoms with Crippen molar-refractivity contribution in [3.63, 3.8) is 0 Å². The Morgan fingerprint density at radius 3 is 2.62 bits per heavy atom. The van der Waals surface area contributed by atoms with Crippen LogP contribution in [0.25, 0.3) is 0 Å². The van der Waals surface area contributed by atoms with E-state index in [0.717, 1.165) is 0 Å². The van der Waals surface area contributed by atoms with Gasteiger partial charge in [0.1, 0.15) is 0 Å². The number of hydrogen-bond acceptors (Lipinski definition) is 5. The van der Waals surface area contributed by atoms with Gasteiger partial charge in [-0.15, -0.1) is 0 Å². The highest BCUT2D eigenvalue weighted by Crippen LogP contribution is 2.10. The average molecular weight is 239 g/mol. The number of hydrazone groups is 1. The molecule has 0 aliphatic carbocycles. The first-order valence-corrected chi connectivity index (χ1v) is 4.58. The molecule has 7 nitrogen and oxygen atoms in total. The van der Waals surface area contributed by atoms with E-state index in [1.807, 2.05) is 0 Å². The van der Waals surface area contributed by atoms with Crippen molar-refractivity contribution in [1.29, 1.82) is 0 Å². The predicted octanol–water partition coefficient (Wildman–Crippen LogP) is 0.267. The molecule has 0 aromatic heterocycles. The van der Waals surface area contributed by atoms with Crippen LogP contribution in [0.15, 0.2) is 29.4 Å². The van der Waals surface area contributed by atoms with Crippen LogP contribution in [0.3, 0.4) is 0 Å². The van der Waals surface area contributed by atoms with Gasteiger partial charge in [0.15, 0.2) is 0 Å². The number of nitro benzene ring substituents is 1. The summed E-state index contributed by atoms with van der Waals surface area (Å²) >= 11 is 4.68. The van der Waals surface area contributed by atoms with Crippen LogP contribution >= 0.6 is 12.2 Å². The average Bonchev–Trinajstić information content (AvgIpc) is 2.29. The number of hydrazine groups is 1. The molecular weight excluding hydrogens is 230 g/mol. The smallest absolute Gasteiger partial charge is 0.269 e. The van der Waals surface area contributed by atoms with Gasteiger partial charge in [-0.25, -0.2) is 5.84 Å². The third-order valence-electron chi connectivity index (χ3n) is 1.61. The lowest BCUT2D eigenvalue weighted by Gasteiger charge is -1.99. The SMILES string of the molecule is NNC(=S)N/N=C/c1ccc([N+](=O)[O-])cc1. The van der Waals surface area contributed by atoms with E-state index < -0.39 is 4.92 Å². The normalized spacial score (nSPS) is 10.1. The monoisotopic (exact) mass is 239 g/mol. The molecule has 0 amide bonds. The van der Waals surface area contributed by atoms with Crippen molar-refractivity contribution in [1.82, 2.24) is 10.9 Å². The summed E-state index contributed by atoms with van der Waals surface area (Å²) in [5.41, 5.74) is 5.38. The van der Waals surface area contributed by atoms with Crippen LogP contribution in [0.4, 0.5) is 5.69 Å². The standard InChI is InChI=1S/C8H9N5O2S/c9-11-8(16)12-10-5-6-1-3-7(4-2-6)13(14)15/h1-5H,9H2,(H2,11,12,16)/b10-5+. The van der Waals surface area contributed by atoms with E-state index in [1.165, 1.54) is 18.3 Å². The first-order chi connectivity index (χ1) is 7.63. The first kappa shape index (κ1) is 12.0. The van der Waals surface area contributed by atoms with Gasteiger partial charge in [-0.1, -0.05) is 0 Å². The summed E-state index contributed by atoms with van der Waals surface area (Å²) in [6, 6.07) is 5.92. The Kier molecular flexibility index (Phi) is 4.30. The van der Waals surface area contributed by atoms with Crippen molar-refractivity contribution >= 4 is 29.2 Å². The Labute approximate surface area is 96.4 Å². The second kappa shape index (κ2) is 5.73. The van der Waals surface area contributed by atoms with Gasteiger partial charge in [-0.3, -0.25) is 21.0 Å². The molecule has 1 rings (SSSR count). The molecule has 0 heterocycles. The fourth-order valence-electron chi connectivity index (χ4n) is 0.880. The van der Waals surface area contributed by atoms with Gasteiger partial charge < -0.3 is 0 Å². The molecule has 0 unspecified atom stereocenters. The van der Waals surface area contributed by atoms with Crippen LogP contribution in [0.1, 0.15) is 5.56 Å². The summed E-state index contributed by atoms with van der Waals surface area (Å²) < 4.78 is 0. The minimum absolute atomic E-state index is 0.0317. The fourth-order valence-corrected chi connectivity index (χ4v) is 0.933. The Hall–Kier alpha value is -2.06. The number of non-ortho nitro benzene ring substituents is 1. The van der Waals surface area contributed by atoms with Crippen molar-refractivity contribution in [3.8, 4) is 0 Å². The summed E-state index contributed by atoms with van der Waals surface area (Å²) in [5, 5.41) is 14.3. The molecule has 1 aromatic rings. The lowest BCUT2D eigenvalue weighted by Crippen LogP contribution is -2.37. The molecule has 0 saturated heterocycles. The highest BCUT2D eigenvalue weighted by Gasteiger charge is 2.02. The number of nitrogens with two attached hydrogens (primary N) is 1. The summed E-state index contributed by atoms with van der Waals surface area (Å²) in [4.78, 5) is 9.91. The summed E-state index contributed by atoms with van der Waals surface area (Å²) in [6.07, 6.45) is 1.47. The van der Waals surface area contributed by atoms with Crippen LogP contribution in [-0.2, 0) is 0 Å². The van der Waals surface area contributed by atoms with Gasteiger partial charge in [0.25, 0.3) is 5.69 Å². The maximum atomic E-state index is 10.4. The van der Waals surface area contributed by atoms with Gasteiger partial charge in [0.2, 0.25) is 5.11 Å². The fraction of sp³-hybridized carbons (Fsp3) is 0. The molecule has 0 radical (unpaired) electrons. The second-order valence-electron chi connectivity index (χ2n) is 2.69. The summed E-state index contributed by atoms with van der Waals surface area (Å²) in [7, 11) is 0. The van der Waals surface area contributed by atoms with E-state index in [0.29, 0.717) is 5.56 Å². The van der Waals surface area contributed by atoms with Crippen molar-refractivity contribution in [3.05, 3.63) is 39.9 Å². The first-order valence-electron chi connectivity index (χ1n) is 4.17. The highest BCUT2D eigenvalue weighted by atomic mass is 32.1. The molecule has 0 aliphatic heterocycles. The van der Waals surface area contributed by atoms with Crippen LogP contribution in [0.2, 0.25) is 0 Å². The topological polar surface area (TPSA) is 106 Å². The Morgan fingerprint density at radius 1 is 1.50 bits per heavy atom. The maximum Gasteiger partial charge on any atom is 0.269 e. The highest BCUT2D eigenvalue weighted by molar-refractivity contribution is 7.80. The molecule has 0 fully saturated rings. The lowest BCUT2D eigenvalue weighted by atomic mass is 10.2. The van der Waals surface area contributed by atoms with E-state index in [4.69, 9.17) is 5.84 Å². The minimum Gasteiger partial charge on any atom is -0.300 e. The van der Waals surface area contributed by atoms with Crippen molar-refractivity contribution in [2.45, 2.75) is 0 Å². The third kappa shape index (κ3) is 3.59. The van der Waals surface area contributed by atoms with Crippen LogP contribution in [-0.4, -0.2) is 16.3 Å². The Morgan fingerprint density at radius 2 is 2.12 bits per heavy atom.